The molecule has 1 heterocycles. The first-order valence-corrected chi connectivity index (χ1v) is 10.4. The predicted octanol–water partition coefficient (Wildman–Crippen LogP) is 2.60. The van der Waals surface area contributed by atoms with Crippen molar-refractivity contribution < 1.29 is 13.2 Å². The van der Waals surface area contributed by atoms with E-state index < -0.39 is 10.0 Å². The Morgan fingerprint density at radius 2 is 1.72 bits per heavy atom. The molecule has 1 N–H and O–H groups in total. The second-order valence-corrected chi connectivity index (χ2v) is 8.07. The maximum Gasteiger partial charge on any atom is 0.229 e. The average molecular weight is 360 g/mol. The van der Waals surface area contributed by atoms with Crippen LogP contribution in [-0.4, -0.2) is 52.4 Å². The molecule has 25 heavy (non-hydrogen) atoms. The van der Waals surface area contributed by atoms with Crippen LogP contribution in [0.15, 0.2) is 48.5 Å². The number of hydrogen-bond acceptors (Lipinski definition) is 4. The van der Waals surface area contributed by atoms with Crippen LogP contribution < -0.4 is 4.72 Å². The fraction of sp³-hybridized carbons (Fsp3) is 0.368. The van der Waals surface area contributed by atoms with E-state index in [4.69, 9.17) is 4.74 Å². The highest BCUT2D eigenvalue weighted by molar-refractivity contribution is 7.92. The molecule has 134 valence electrons. The van der Waals surface area contributed by atoms with Gasteiger partial charge in [0.25, 0.3) is 0 Å². The van der Waals surface area contributed by atoms with Crippen LogP contribution in [0.4, 0.5) is 5.69 Å². The zero-order chi connectivity index (χ0) is 17.7. The molecule has 3 rings (SSSR count). The van der Waals surface area contributed by atoms with E-state index in [1.165, 1.54) is 11.8 Å². The first kappa shape index (κ1) is 17.9. The maximum atomic E-state index is 11.5. The van der Waals surface area contributed by atoms with Gasteiger partial charge in [0.2, 0.25) is 10.0 Å². The zero-order valence-electron chi connectivity index (χ0n) is 14.4. The molecule has 0 bridgehead atoms. The van der Waals surface area contributed by atoms with Gasteiger partial charge in [-0.2, -0.15) is 0 Å². The minimum atomic E-state index is -3.30. The smallest absolute Gasteiger partial charge is 0.229 e. The van der Waals surface area contributed by atoms with Crippen LogP contribution in [-0.2, 0) is 21.2 Å². The van der Waals surface area contributed by atoms with Crippen molar-refractivity contribution in [3.05, 3.63) is 54.1 Å². The monoisotopic (exact) mass is 360 g/mol. The Morgan fingerprint density at radius 1 is 1.04 bits per heavy atom. The molecular weight excluding hydrogens is 336 g/mol. The molecule has 0 aliphatic carbocycles. The fourth-order valence-electron chi connectivity index (χ4n) is 2.99. The Hall–Kier alpha value is -1.89. The quantitative estimate of drug-likeness (QED) is 0.860. The van der Waals surface area contributed by atoms with E-state index in [1.54, 1.807) is 6.07 Å². The third-order valence-corrected chi connectivity index (χ3v) is 4.90. The van der Waals surface area contributed by atoms with Crippen LogP contribution in [0.1, 0.15) is 5.56 Å². The Morgan fingerprint density at radius 3 is 2.40 bits per heavy atom. The first-order chi connectivity index (χ1) is 12.0. The van der Waals surface area contributed by atoms with Gasteiger partial charge in [-0.25, -0.2) is 8.42 Å². The van der Waals surface area contributed by atoms with E-state index in [-0.39, 0.29) is 0 Å². The number of sulfonamides is 1. The van der Waals surface area contributed by atoms with Crippen molar-refractivity contribution in [1.82, 2.24) is 4.90 Å². The van der Waals surface area contributed by atoms with Crippen molar-refractivity contribution in [3.63, 3.8) is 0 Å². The molecular formula is C19H24N2O3S. The molecule has 5 nitrogen and oxygen atoms in total. The van der Waals surface area contributed by atoms with Gasteiger partial charge in [-0.1, -0.05) is 42.5 Å². The molecule has 1 aliphatic rings. The minimum Gasteiger partial charge on any atom is -0.379 e. The summed E-state index contributed by atoms with van der Waals surface area (Å²) in [5.74, 6) is 0. The minimum absolute atomic E-state index is 0.603. The third-order valence-electron chi connectivity index (χ3n) is 4.31. The van der Waals surface area contributed by atoms with Crippen LogP contribution in [0.25, 0.3) is 11.1 Å². The van der Waals surface area contributed by atoms with Crippen molar-refractivity contribution in [2.45, 2.75) is 6.42 Å². The van der Waals surface area contributed by atoms with Gasteiger partial charge in [-0.05, 0) is 23.6 Å². The highest BCUT2D eigenvalue weighted by Gasteiger charge is 2.11. The van der Waals surface area contributed by atoms with Crippen LogP contribution in [0.2, 0.25) is 0 Å². The lowest BCUT2D eigenvalue weighted by Gasteiger charge is -2.26. The number of nitrogens with one attached hydrogen (secondary N) is 1. The molecule has 1 fully saturated rings. The van der Waals surface area contributed by atoms with E-state index in [9.17, 15) is 8.42 Å². The van der Waals surface area contributed by atoms with Crippen molar-refractivity contribution in [3.8, 4) is 11.1 Å². The average Bonchev–Trinajstić information content (AvgIpc) is 2.61. The molecule has 6 heteroatoms. The predicted molar refractivity (Wildman–Crippen MR) is 101 cm³/mol. The SMILES string of the molecule is CS(=O)(=O)Nc1ccccc1-c1ccc(CCN2CCOCC2)cc1. The molecule has 0 radical (unpaired) electrons. The van der Waals surface area contributed by atoms with Crippen molar-refractivity contribution in [1.29, 1.82) is 0 Å². The zero-order valence-corrected chi connectivity index (χ0v) is 15.3. The summed E-state index contributed by atoms with van der Waals surface area (Å²) in [7, 11) is -3.30. The van der Waals surface area contributed by atoms with Gasteiger partial charge in [-0.15, -0.1) is 0 Å². The topological polar surface area (TPSA) is 58.6 Å². The molecule has 1 aliphatic heterocycles. The largest absolute Gasteiger partial charge is 0.379 e. The van der Waals surface area contributed by atoms with Gasteiger partial charge < -0.3 is 4.74 Å². The van der Waals surface area contributed by atoms with Crippen LogP contribution >= 0.6 is 0 Å². The van der Waals surface area contributed by atoms with E-state index in [0.29, 0.717) is 5.69 Å². The number of benzene rings is 2. The van der Waals surface area contributed by atoms with E-state index in [2.05, 4.69) is 33.9 Å². The summed E-state index contributed by atoms with van der Waals surface area (Å²) in [6.07, 6.45) is 2.17. The number of nitrogens with zero attached hydrogens (tertiary/aromatic N) is 1. The number of hydrogen-bond donors (Lipinski definition) is 1. The molecule has 0 unspecified atom stereocenters. The van der Waals surface area contributed by atoms with Crippen LogP contribution in [0.5, 0.6) is 0 Å². The molecule has 2 aromatic carbocycles. The Labute approximate surface area is 149 Å². The number of morpholine rings is 1. The number of anilines is 1. The number of rotatable bonds is 6. The molecule has 1 saturated heterocycles. The fourth-order valence-corrected chi connectivity index (χ4v) is 3.56. The van der Waals surface area contributed by atoms with Gasteiger partial charge >= 0.3 is 0 Å². The lowest BCUT2D eigenvalue weighted by atomic mass is 10.0. The standard InChI is InChI=1S/C19H24N2O3S/c1-25(22,23)20-19-5-3-2-4-18(19)17-8-6-16(7-9-17)10-11-21-12-14-24-15-13-21/h2-9,20H,10-15H2,1H3. The normalized spacial score (nSPS) is 15.9. The Kier molecular flexibility index (Phi) is 5.73. The third kappa shape index (κ3) is 5.29. The molecule has 0 atom stereocenters. The second kappa shape index (κ2) is 7.99. The van der Waals surface area contributed by atoms with Crippen molar-refractivity contribution >= 4 is 15.7 Å². The summed E-state index contributed by atoms with van der Waals surface area (Å²) >= 11 is 0. The van der Waals surface area contributed by atoms with E-state index in [0.717, 1.165) is 50.4 Å². The second-order valence-electron chi connectivity index (χ2n) is 6.32. The maximum absolute atomic E-state index is 11.5. The first-order valence-electron chi connectivity index (χ1n) is 8.47. The molecule has 0 amide bonds. The highest BCUT2D eigenvalue weighted by atomic mass is 32.2. The lowest BCUT2D eigenvalue weighted by Crippen LogP contribution is -2.37. The lowest BCUT2D eigenvalue weighted by molar-refractivity contribution is 0.0384. The van der Waals surface area contributed by atoms with E-state index in [1.807, 2.05) is 18.2 Å². The number of para-hydroxylation sites is 1. The summed E-state index contributed by atoms with van der Waals surface area (Å²) in [5.41, 5.74) is 3.77. The van der Waals surface area contributed by atoms with Gasteiger partial charge in [0.15, 0.2) is 0 Å². The van der Waals surface area contributed by atoms with Gasteiger partial charge in [0, 0.05) is 25.2 Å². The van der Waals surface area contributed by atoms with Gasteiger partial charge in [0.05, 0.1) is 25.2 Å². The van der Waals surface area contributed by atoms with Crippen molar-refractivity contribution in [2.24, 2.45) is 0 Å². The van der Waals surface area contributed by atoms with Gasteiger partial charge in [-0.3, -0.25) is 9.62 Å². The molecule has 0 aromatic heterocycles. The summed E-state index contributed by atoms with van der Waals surface area (Å²) in [5, 5.41) is 0. The van der Waals surface area contributed by atoms with Crippen LogP contribution in [0.3, 0.4) is 0 Å². The molecule has 0 saturated carbocycles. The summed E-state index contributed by atoms with van der Waals surface area (Å²) in [4.78, 5) is 2.42. The summed E-state index contributed by atoms with van der Waals surface area (Å²) < 4.78 is 31.1. The number of ether oxygens (including phenoxy) is 1. The van der Waals surface area contributed by atoms with E-state index >= 15 is 0 Å². The Balaban J connectivity index is 1.70. The Bertz CT molecular complexity index is 798. The summed E-state index contributed by atoms with van der Waals surface area (Å²) in [6, 6.07) is 15.8. The van der Waals surface area contributed by atoms with Crippen LogP contribution in [0, 0.1) is 0 Å². The highest BCUT2D eigenvalue weighted by Crippen LogP contribution is 2.28. The molecule has 2 aromatic rings. The molecule has 0 spiro atoms. The van der Waals surface area contributed by atoms with Crippen molar-refractivity contribution in [2.75, 3.05) is 43.8 Å². The summed E-state index contributed by atoms with van der Waals surface area (Å²) in [6.45, 7) is 4.69. The van der Waals surface area contributed by atoms with Gasteiger partial charge in [0.1, 0.15) is 0 Å².